The first-order valence-corrected chi connectivity index (χ1v) is 6.98. The van der Waals surface area contributed by atoms with E-state index < -0.39 is 0 Å². The topological polar surface area (TPSA) is 35.8 Å². The normalized spacial score (nSPS) is 11.8. The van der Waals surface area contributed by atoms with Crippen molar-refractivity contribution < 1.29 is 0 Å². The van der Waals surface area contributed by atoms with E-state index in [1.54, 1.807) is 23.5 Å². The van der Waals surface area contributed by atoms with Crippen LogP contribution in [0.5, 0.6) is 0 Å². The van der Waals surface area contributed by atoms with Gasteiger partial charge in [-0.05, 0) is 53.9 Å². The summed E-state index contributed by atoms with van der Waals surface area (Å²) in [5.41, 5.74) is 2.78. The number of benzene rings is 1. The third-order valence-electron chi connectivity index (χ3n) is 2.62. The van der Waals surface area contributed by atoms with E-state index in [0.29, 0.717) is 16.6 Å². The van der Waals surface area contributed by atoms with Crippen LogP contribution in [0.2, 0.25) is 5.02 Å². The Morgan fingerprint density at radius 1 is 1.44 bits per heavy atom. The number of hydrogen-bond acceptors (Lipinski definition) is 3. The Morgan fingerprint density at radius 3 is 2.89 bits per heavy atom. The zero-order chi connectivity index (χ0) is 13.0. The predicted octanol–water partition coefficient (Wildman–Crippen LogP) is 4.32. The van der Waals surface area contributed by atoms with E-state index in [2.05, 4.69) is 35.1 Å². The molecule has 0 fully saturated rings. The maximum atomic E-state index is 8.78. The third-order valence-corrected chi connectivity index (χ3v) is 3.67. The van der Waals surface area contributed by atoms with Crippen LogP contribution in [-0.4, -0.2) is 6.04 Å². The lowest BCUT2D eigenvalue weighted by atomic mass is 10.1. The van der Waals surface area contributed by atoms with Gasteiger partial charge in [0, 0.05) is 6.04 Å². The van der Waals surface area contributed by atoms with Crippen LogP contribution in [0.4, 0.5) is 5.69 Å². The van der Waals surface area contributed by atoms with Gasteiger partial charge in [0.1, 0.15) is 0 Å². The molecular weight excluding hydrogens is 264 g/mol. The van der Waals surface area contributed by atoms with Gasteiger partial charge in [-0.15, -0.1) is 0 Å². The molecule has 0 aliphatic heterocycles. The van der Waals surface area contributed by atoms with Gasteiger partial charge in [0.05, 0.1) is 22.3 Å². The molecule has 2 nitrogen and oxygen atoms in total. The molecule has 0 radical (unpaired) electrons. The van der Waals surface area contributed by atoms with Gasteiger partial charge in [0.25, 0.3) is 0 Å². The molecule has 1 aromatic carbocycles. The molecule has 0 saturated carbocycles. The molecule has 0 amide bonds. The molecule has 0 aliphatic carbocycles. The number of nitrogens with zero attached hydrogens (tertiary/aromatic N) is 1. The fourth-order valence-corrected chi connectivity index (χ4v) is 2.70. The zero-order valence-electron chi connectivity index (χ0n) is 9.98. The zero-order valence-corrected chi connectivity index (χ0v) is 11.6. The molecule has 1 heterocycles. The fourth-order valence-electron chi connectivity index (χ4n) is 1.78. The first-order valence-electron chi connectivity index (χ1n) is 5.66. The highest BCUT2D eigenvalue weighted by Crippen LogP contribution is 2.24. The highest BCUT2D eigenvalue weighted by Gasteiger charge is 2.07. The van der Waals surface area contributed by atoms with Gasteiger partial charge in [-0.2, -0.15) is 16.6 Å². The van der Waals surface area contributed by atoms with Crippen molar-refractivity contribution in [2.75, 3.05) is 5.32 Å². The Hall–Kier alpha value is -1.50. The Bertz CT molecular complexity index is 558. The van der Waals surface area contributed by atoms with Crippen molar-refractivity contribution in [3.63, 3.8) is 0 Å². The summed E-state index contributed by atoms with van der Waals surface area (Å²) in [5, 5.41) is 17.0. The number of anilines is 1. The number of hydrogen-bond donors (Lipinski definition) is 1. The quantitative estimate of drug-likeness (QED) is 0.903. The number of nitriles is 1. The van der Waals surface area contributed by atoms with E-state index in [0.717, 1.165) is 12.1 Å². The van der Waals surface area contributed by atoms with Crippen LogP contribution in [0.15, 0.2) is 35.0 Å². The first kappa shape index (κ1) is 12.9. The van der Waals surface area contributed by atoms with E-state index in [1.807, 2.05) is 6.07 Å². The molecule has 1 N–H and O–H groups in total. The standard InChI is InChI=1S/C14H13ClN2S/c1-10(6-12-4-5-18-9-12)17-14-3-2-11(8-16)7-13(14)15/h2-5,7,9-10,17H,6H2,1H3. The Kier molecular flexibility index (Phi) is 4.24. The predicted molar refractivity (Wildman–Crippen MR) is 77.3 cm³/mol. The second-order valence-corrected chi connectivity index (χ2v) is 5.37. The molecule has 1 atom stereocenters. The van der Waals surface area contributed by atoms with Crippen molar-refractivity contribution >= 4 is 28.6 Å². The van der Waals surface area contributed by atoms with Crippen LogP contribution >= 0.6 is 22.9 Å². The molecule has 92 valence electrons. The smallest absolute Gasteiger partial charge is 0.0992 e. The van der Waals surface area contributed by atoms with Crippen LogP contribution in [-0.2, 0) is 6.42 Å². The summed E-state index contributed by atoms with van der Waals surface area (Å²) in [6.07, 6.45) is 0.958. The highest BCUT2D eigenvalue weighted by atomic mass is 35.5. The molecule has 0 bridgehead atoms. The van der Waals surface area contributed by atoms with Gasteiger partial charge in [-0.3, -0.25) is 0 Å². The lowest BCUT2D eigenvalue weighted by Gasteiger charge is -2.15. The van der Waals surface area contributed by atoms with E-state index in [1.165, 1.54) is 5.56 Å². The molecule has 1 unspecified atom stereocenters. The minimum absolute atomic E-state index is 0.296. The molecule has 1 aromatic heterocycles. The Balaban J connectivity index is 2.03. The van der Waals surface area contributed by atoms with Crippen molar-refractivity contribution in [3.8, 4) is 6.07 Å². The molecule has 2 aromatic rings. The summed E-state index contributed by atoms with van der Waals surface area (Å²) in [7, 11) is 0. The molecule has 18 heavy (non-hydrogen) atoms. The van der Waals surface area contributed by atoms with Crippen molar-refractivity contribution in [1.82, 2.24) is 0 Å². The van der Waals surface area contributed by atoms with Gasteiger partial charge in [-0.1, -0.05) is 11.6 Å². The molecule has 4 heteroatoms. The van der Waals surface area contributed by atoms with E-state index in [4.69, 9.17) is 16.9 Å². The van der Waals surface area contributed by atoms with Gasteiger partial charge in [0.2, 0.25) is 0 Å². The van der Waals surface area contributed by atoms with Gasteiger partial charge < -0.3 is 5.32 Å². The molecule has 2 rings (SSSR count). The fraction of sp³-hybridized carbons (Fsp3) is 0.214. The summed E-state index contributed by atoms with van der Waals surface area (Å²) < 4.78 is 0. The highest BCUT2D eigenvalue weighted by molar-refractivity contribution is 7.07. The number of thiophene rings is 1. The number of rotatable bonds is 4. The summed E-state index contributed by atoms with van der Waals surface area (Å²) >= 11 is 7.83. The van der Waals surface area contributed by atoms with Crippen LogP contribution in [0.3, 0.4) is 0 Å². The van der Waals surface area contributed by atoms with Gasteiger partial charge in [-0.25, -0.2) is 0 Å². The SMILES string of the molecule is CC(Cc1ccsc1)Nc1ccc(C#N)cc1Cl. The average Bonchev–Trinajstić information content (AvgIpc) is 2.84. The van der Waals surface area contributed by atoms with Crippen LogP contribution in [0, 0.1) is 11.3 Å². The lowest BCUT2D eigenvalue weighted by molar-refractivity contribution is 0.793. The molecular formula is C14H13ClN2S. The van der Waals surface area contributed by atoms with E-state index in [9.17, 15) is 0 Å². The Morgan fingerprint density at radius 2 is 2.28 bits per heavy atom. The second kappa shape index (κ2) is 5.90. The largest absolute Gasteiger partial charge is 0.381 e. The number of nitrogens with one attached hydrogen (secondary N) is 1. The summed E-state index contributed by atoms with van der Waals surface area (Å²) in [4.78, 5) is 0. The summed E-state index contributed by atoms with van der Waals surface area (Å²) in [6, 6.07) is 9.80. The average molecular weight is 277 g/mol. The first-order chi connectivity index (χ1) is 8.69. The molecule has 0 saturated heterocycles. The van der Waals surface area contributed by atoms with Crippen molar-refractivity contribution in [2.45, 2.75) is 19.4 Å². The maximum absolute atomic E-state index is 8.78. The van der Waals surface area contributed by atoms with Crippen LogP contribution in [0.25, 0.3) is 0 Å². The molecule has 0 aliphatic rings. The maximum Gasteiger partial charge on any atom is 0.0992 e. The molecule has 0 spiro atoms. The van der Waals surface area contributed by atoms with Crippen molar-refractivity contribution in [2.24, 2.45) is 0 Å². The summed E-state index contributed by atoms with van der Waals surface area (Å²) in [6.45, 7) is 2.12. The summed E-state index contributed by atoms with van der Waals surface area (Å²) in [5.74, 6) is 0. The van der Waals surface area contributed by atoms with Gasteiger partial charge >= 0.3 is 0 Å². The Labute approximate surface area is 116 Å². The lowest BCUT2D eigenvalue weighted by Crippen LogP contribution is -2.17. The number of halogens is 1. The minimum atomic E-state index is 0.296. The second-order valence-electron chi connectivity index (χ2n) is 4.19. The monoisotopic (exact) mass is 276 g/mol. The van der Waals surface area contributed by atoms with Crippen LogP contribution < -0.4 is 5.32 Å². The van der Waals surface area contributed by atoms with Crippen molar-refractivity contribution in [3.05, 3.63) is 51.2 Å². The third kappa shape index (κ3) is 3.25. The minimum Gasteiger partial charge on any atom is -0.381 e. The van der Waals surface area contributed by atoms with E-state index >= 15 is 0 Å². The van der Waals surface area contributed by atoms with Crippen molar-refractivity contribution in [1.29, 1.82) is 5.26 Å². The van der Waals surface area contributed by atoms with E-state index in [-0.39, 0.29) is 0 Å². The van der Waals surface area contributed by atoms with Crippen LogP contribution in [0.1, 0.15) is 18.1 Å². The van der Waals surface area contributed by atoms with Gasteiger partial charge in [0.15, 0.2) is 0 Å².